The van der Waals surface area contributed by atoms with Crippen LogP contribution in [0.15, 0.2) is 42.5 Å². The summed E-state index contributed by atoms with van der Waals surface area (Å²) < 4.78 is 10.1. The van der Waals surface area contributed by atoms with Crippen LogP contribution in [0.5, 0.6) is 5.75 Å². The molecule has 0 aliphatic heterocycles. The first kappa shape index (κ1) is 15.3. The molecule has 4 heteroatoms. The highest BCUT2D eigenvalue weighted by molar-refractivity contribution is 6.31. The number of benzene rings is 2. The monoisotopic (exact) mass is 318 g/mol. The van der Waals surface area contributed by atoms with Gasteiger partial charge in [0.15, 0.2) is 6.29 Å². The predicted octanol–water partition coefficient (Wildman–Crippen LogP) is 4.26. The zero-order valence-electron chi connectivity index (χ0n) is 12.6. The van der Waals surface area contributed by atoms with Crippen LogP contribution in [-0.2, 0) is 4.74 Å². The number of hydrogen-bond donors (Lipinski definition) is 1. The van der Waals surface area contributed by atoms with E-state index >= 15 is 0 Å². The Kier molecular flexibility index (Phi) is 4.39. The molecule has 1 aliphatic carbocycles. The van der Waals surface area contributed by atoms with Crippen LogP contribution in [0.2, 0.25) is 5.02 Å². The van der Waals surface area contributed by atoms with Crippen LogP contribution in [0.1, 0.15) is 41.2 Å². The summed E-state index contributed by atoms with van der Waals surface area (Å²) in [6, 6.07) is 13.8. The molecular formula is C18H19ClO3. The van der Waals surface area contributed by atoms with Crippen molar-refractivity contribution in [3.8, 4) is 5.75 Å². The van der Waals surface area contributed by atoms with Gasteiger partial charge in [0.1, 0.15) is 5.75 Å². The molecule has 22 heavy (non-hydrogen) atoms. The second-order valence-electron chi connectivity index (χ2n) is 5.59. The highest BCUT2D eigenvalue weighted by Crippen LogP contribution is 2.56. The number of halogens is 1. The molecule has 2 aromatic carbocycles. The molecule has 3 atom stereocenters. The molecule has 3 nitrogen and oxygen atoms in total. The Morgan fingerprint density at radius 1 is 1.09 bits per heavy atom. The number of rotatable bonds is 5. The lowest BCUT2D eigenvalue weighted by Crippen LogP contribution is -1.99. The molecule has 0 saturated heterocycles. The second kappa shape index (κ2) is 6.29. The van der Waals surface area contributed by atoms with Crippen molar-refractivity contribution in [1.29, 1.82) is 0 Å². The van der Waals surface area contributed by atoms with E-state index in [2.05, 4.69) is 18.2 Å². The Hall–Kier alpha value is -1.55. The van der Waals surface area contributed by atoms with Gasteiger partial charge >= 0.3 is 0 Å². The molecule has 0 spiro atoms. The van der Waals surface area contributed by atoms with Gasteiger partial charge in [-0.2, -0.15) is 0 Å². The lowest BCUT2D eigenvalue weighted by atomic mass is 10.0. The van der Waals surface area contributed by atoms with E-state index in [1.807, 2.05) is 24.3 Å². The summed E-state index contributed by atoms with van der Waals surface area (Å²) in [5.41, 5.74) is 3.21. The van der Waals surface area contributed by atoms with E-state index in [1.165, 1.54) is 18.2 Å². The number of methoxy groups -OCH3 is 2. The van der Waals surface area contributed by atoms with E-state index < -0.39 is 6.29 Å². The van der Waals surface area contributed by atoms with Crippen LogP contribution in [0, 0.1) is 0 Å². The van der Waals surface area contributed by atoms with Gasteiger partial charge in [-0.1, -0.05) is 41.9 Å². The summed E-state index contributed by atoms with van der Waals surface area (Å²) in [5, 5.41) is 10.4. The van der Waals surface area contributed by atoms with Crippen molar-refractivity contribution in [1.82, 2.24) is 0 Å². The Morgan fingerprint density at radius 2 is 1.82 bits per heavy atom. The quantitative estimate of drug-likeness (QED) is 0.837. The van der Waals surface area contributed by atoms with Gasteiger partial charge in [-0.05, 0) is 41.5 Å². The third-order valence-corrected chi connectivity index (χ3v) is 4.60. The number of aliphatic hydroxyl groups is 1. The molecular weight excluding hydrogens is 300 g/mol. The van der Waals surface area contributed by atoms with Gasteiger partial charge in [0.25, 0.3) is 0 Å². The van der Waals surface area contributed by atoms with Gasteiger partial charge in [0, 0.05) is 17.7 Å². The maximum absolute atomic E-state index is 9.64. The largest absolute Gasteiger partial charge is 0.497 e. The van der Waals surface area contributed by atoms with E-state index in [0.717, 1.165) is 22.8 Å². The molecule has 1 fully saturated rings. The SMILES string of the molecule is COc1ccc(C2CC2c2ccc(C(O)OC)cc2)c(Cl)c1. The molecule has 1 saturated carbocycles. The molecule has 1 N–H and O–H groups in total. The van der Waals surface area contributed by atoms with Gasteiger partial charge in [-0.3, -0.25) is 0 Å². The van der Waals surface area contributed by atoms with Crippen molar-refractivity contribution < 1.29 is 14.6 Å². The van der Waals surface area contributed by atoms with Crippen molar-refractivity contribution >= 4 is 11.6 Å². The van der Waals surface area contributed by atoms with Crippen LogP contribution in [0.3, 0.4) is 0 Å². The van der Waals surface area contributed by atoms with Crippen molar-refractivity contribution in [3.05, 3.63) is 64.2 Å². The highest BCUT2D eigenvalue weighted by atomic mass is 35.5. The van der Waals surface area contributed by atoms with Crippen molar-refractivity contribution in [2.24, 2.45) is 0 Å². The number of ether oxygens (including phenoxy) is 2. The van der Waals surface area contributed by atoms with Gasteiger partial charge in [0.2, 0.25) is 0 Å². The van der Waals surface area contributed by atoms with Crippen LogP contribution in [-0.4, -0.2) is 19.3 Å². The molecule has 116 valence electrons. The fourth-order valence-corrected chi connectivity index (χ4v) is 3.20. The van der Waals surface area contributed by atoms with E-state index in [-0.39, 0.29) is 0 Å². The minimum Gasteiger partial charge on any atom is -0.497 e. The maximum atomic E-state index is 9.64. The lowest BCUT2D eigenvalue weighted by molar-refractivity contribution is -0.0769. The average Bonchev–Trinajstić information content (AvgIpc) is 3.34. The summed E-state index contributed by atoms with van der Waals surface area (Å²) in [6.07, 6.45) is 0.234. The van der Waals surface area contributed by atoms with Gasteiger partial charge < -0.3 is 14.6 Å². The van der Waals surface area contributed by atoms with Gasteiger partial charge in [-0.15, -0.1) is 0 Å². The molecule has 3 rings (SSSR count). The Labute approximate surface area is 135 Å². The second-order valence-corrected chi connectivity index (χ2v) is 6.00. The van der Waals surface area contributed by atoms with E-state index in [9.17, 15) is 5.11 Å². The molecule has 0 aromatic heterocycles. The molecule has 3 unspecified atom stereocenters. The standard InChI is InChI=1S/C18H19ClO3/c1-21-13-7-8-14(17(19)9-13)16-10-15(16)11-3-5-12(6-4-11)18(20)22-2/h3-9,15-16,18,20H,10H2,1-2H3. The van der Waals surface area contributed by atoms with Crippen molar-refractivity contribution in [2.45, 2.75) is 24.5 Å². The summed E-state index contributed by atoms with van der Waals surface area (Å²) >= 11 is 6.35. The highest BCUT2D eigenvalue weighted by Gasteiger charge is 2.40. The molecule has 1 aliphatic rings. The molecule has 2 aromatic rings. The molecule has 0 bridgehead atoms. The minimum atomic E-state index is -0.861. The van der Waals surface area contributed by atoms with Crippen molar-refractivity contribution in [3.63, 3.8) is 0 Å². The van der Waals surface area contributed by atoms with Crippen LogP contribution in [0.4, 0.5) is 0 Å². The summed E-state index contributed by atoms with van der Waals surface area (Å²) in [5.74, 6) is 1.72. The first-order valence-corrected chi connectivity index (χ1v) is 7.66. The molecule has 0 radical (unpaired) electrons. The molecule has 0 amide bonds. The zero-order chi connectivity index (χ0) is 15.7. The van der Waals surface area contributed by atoms with E-state index in [0.29, 0.717) is 11.8 Å². The Bertz CT molecular complexity index is 654. The fourth-order valence-electron chi connectivity index (χ4n) is 2.89. The lowest BCUT2D eigenvalue weighted by Gasteiger charge is -2.10. The third kappa shape index (κ3) is 2.98. The average molecular weight is 319 g/mol. The fraction of sp³-hybridized carbons (Fsp3) is 0.333. The first-order chi connectivity index (χ1) is 10.6. The van der Waals surface area contributed by atoms with E-state index in [1.54, 1.807) is 7.11 Å². The number of aliphatic hydroxyl groups excluding tert-OH is 1. The van der Waals surface area contributed by atoms with E-state index in [4.69, 9.17) is 21.1 Å². The van der Waals surface area contributed by atoms with Crippen LogP contribution < -0.4 is 4.74 Å². The first-order valence-electron chi connectivity index (χ1n) is 7.28. The maximum Gasteiger partial charge on any atom is 0.180 e. The summed E-state index contributed by atoms with van der Waals surface area (Å²) in [7, 11) is 3.13. The Balaban J connectivity index is 1.74. The third-order valence-electron chi connectivity index (χ3n) is 4.27. The van der Waals surface area contributed by atoms with Crippen LogP contribution >= 0.6 is 11.6 Å². The summed E-state index contributed by atoms with van der Waals surface area (Å²) in [4.78, 5) is 0. The normalized spacial score (nSPS) is 21.5. The number of hydrogen-bond acceptors (Lipinski definition) is 3. The van der Waals surface area contributed by atoms with Crippen LogP contribution in [0.25, 0.3) is 0 Å². The van der Waals surface area contributed by atoms with Gasteiger partial charge in [-0.25, -0.2) is 0 Å². The smallest absolute Gasteiger partial charge is 0.180 e. The van der Waals surface area contributed by atoms with Crippen molar-refractivity contribution in [2.75, 3.05) is 14.2 Å². The zero-order valence-corrected chi connectivity index (χ0v) is 13.4. The molecule has 0 heterocycles. The minimum absolute atomic E-state index is 0.455. The van der Waals surface area contributed by atoms with Gasteiger partial charge in [0.05, 0.1) is 7.11 Å². The summed E-state index contributed by atoms with van der Waals surface area (Å²) in [6.45, 7) is 0. The topological polar surface area (TPSA) is 38.7 Å². The predicted molar refractivity (Wildman–Crippen MR) is 86.5 cm³/mol. The Morgan fingerprint density at radius 3 is 2.41 bits per heavy atom.